The molecule has 18 heavy (non-hydrogen) atoms. The number of nitrogens with zero attached hydrogens (tertiary/aromatic N) is 3. The number of ether oxygens (including phenoxy) is 1. The summed E-state index contributed by atoms with van der Waals surface area (Å²) in [6.07, 6.45) is 0.142. The molecule has 1 saturated heterocycles. The van der Waals surface area contributed by atoms with Crippen LogP contribution in [0.4, 0.5) is 0 Å². The number of hydrogen-bond donors (Lipinski definition) is 0. The minimum Gasteiger partial charge on any atom is -0.363 e. The maximum atomic E-state index is 10.3. The fourth-order valence-electron chi connectivity index (χ4n) is 2.23. The molecule has 0 amide bonds. The largest absolute Gasteiger partial charge is 0.363 e. The number of rotatable bonds is 7. The van der Waals surface area contributed by atoms with Gasteiger partial charge in [-0.05, 0) is 27.7 Å². The van der Waals surface area contributed by atoms with Gasteiger partial charge in [0.2, 0.25) is 0 Å². The highest BCUT2D eigenvalue weighted by Gasteiger charge is 2.27. The van der Waals surface area contributed by atoms with Crippen molar-refractivity contribution in [1.82, 2.24) is 9.80 Å². The summed E-state index contributed by atoms with van der Waals surface area (Å²) in [7, 11) is 0. The van der Waals surface area contributed by atoms with Crippen LogP contribution in [0, 0.1) is 11.8 Å². The Morgan fingerprint density at radius 1 is 1.39 bits per heavy atom. The van der Waals surface area contributed by atoms with Crippen LogP contribution in [-0.2, 0) is 4.74 Å². The van der Waals surface area contributed by atoms with E-state index in [-0.39, 0.29) is 11.0 Å². The maximum absolute atomic E-state index is 10.3. The van der Waals surface area contributed by atoms with E-state index >= 15 is 0 Å². The summed E-state index contributed by atoms with van der Waals surface area (Å²) in [6, 6.07) is 0. The van der Waals surface area contributed by atoms with Crippen molar-refractivity contribution in [3.63, 3.8) is 0 Å². The second kappa shape index (κ2) is 7.43. The smallest absolute Gasteiger partial charge is 0.107 e. The van der Waals surface area contributed by atoms with Gasteiger partial charge >= 0.3 is 0 Å². The van der Waals surface area contributed by atoms with Crippen LogP contribution >= 0.6 is 11.9 Å². The fourth-order valence-corrected chi connectivity index (χ4v) is 2.67. The highest BCUT2D eigenvalue weighted by Crippen LogP contribution is 2.26. The van der Waals surface area contributed by atoms with Crippen LogP contribution in [0.15, 0.2) is 4.58 Å². The van der Waals surface area contributed by atoms with Crippen LogP contribution in [0.25, 0.3) is 0 Å². The molecule has 0 aromatic carbocycles. The van der Waals surface area contributed by atoms with E-state index in [1.165, 1.54) is 0 Å². The fraction of sp³-hybridized carbons (Fsp3) is 0.917. The molecule has 1 atom stereocenters. The molecule has 1 aliphatic heterocycles. The van der Waals surface area contributed by atoms with Gasteiger partial charge in [-0.25, -0.2) is 0 Å². The summed E-state index contributed by atoms with van der Waals surface area (Å²) in [5.74, 6) is 0. The molecule has 0 aromatic heterocycles. The minimum atomic E-state index is -0.112. The summed E-state index contributed by atoms with van der Waals surface area (Å²) in [6.45, 7) is 15.3. The van der Waals surface area contributed by atoms with Crippen molar-refractivity contribution in [2.45, 2.75) is 31.7 Å². The second-order valence-corrected chi connectivity index (χ2v) is 6.64. The Labute approximate surface area is 114 Å². The zero-order chi connectivity index (χ0) is 13.6. The van der Waals surface area contributed by atoms with Crippen LogP contribution in [0.2, 0.25) is 0 Å². The Morgan fingerprint density at radius 3 is 2.50 bits per heavy atom. The molecule has 0 saturated carbocycles. The Morgan fingerprint density at radius 2 is 2.00 bits per heavy atom. The summed E-state index contributed by atoms with van der Waals surface area (Å²) in [5.41, 5.74) is 0. The van der Waals surface area contributed by atoms with E-state index in [0.29, 0.717) is 6.61 Å². The van der Waals surface area contributed by atoms with Gasteiger partial charge in [-0.1, -0.05) is 0 Å². The standard InChI is InChI=1S/C12H24N3O2S/c1-5-17-11(2)15-8-6-14(7-9-15)10-12(3,4)18-13-16/h11H,1,5-10H2,2-4H3. The van der Waals surface area contributed by atoms with Gasteiger partial charge in [0.1, 0.15) is 6.23 Å². The highest BCUT2D eigenvalue weighted by molar-refractivity contribution is 7.99. The van der Waals surface area contributed by atoms with Crippen LogP contribution < -0.4 is 0 Å². The van der Waals surface area contributed by atoms with E-state index in [2.05, 4.69) is 42.1 Å². The van der Waals surface area contributed by atoms with Crippen molar-refractivity contribution < 1.29 is 4.74 Å². The molecule has 1 unspecified atom stereocenters. The first-order chi connectivity index (χ1) is 8.48. The molecule has 0 aliphatic carbocycles. The molecule has 1 radical (unpaired) electrons. The third kappa shape index (κ3) is 5.22. The number of piperazine rings is 1. The van der Waals surface area contributed by atoms with Crippen LogP contribution in [0.5, 0.6) is 0 Å². The molecular formula is C12H24N3O2S. The third-order valence-corrected chi connectivity index (χ3v) is 3.87. The quantitative estimate of drug-likeness (QED) is 0.525. The first kappa shape index (κ1) is 15.9. The second-order valence-electron chi connectivity index (χ2n) is 5.21. The summed E-state index contributed by atoms with van der Waals surface area (Å²) in [4.78, 5) is 15.0. The van der Waals surface area contributed by atoms with Gasteiger partial charge in [0.05, 0.1) is 0 Å². The average Bonchev–Trinajstić information content (AvgIpc) is 2.29. The monoisotopic (exact) mass is 274 g/mol. The predicted molar refractivity (Wildman–Crippen MR) is 76.2 cm³/mol. The minimum absolute atomic E-state index is 0.112. The maximum Gasteiger partial charge on any atom is 0.107 e. The topological polar surface area (TPSA) is 45.1 Å². The summed E-state index contributed by atoms with van der Waals surface area (Å²) in [5, 5.41) is 0. The Balaban J connectivity index is 2.33. The van der Waals surface area contributed by atoms with Gasteiger partial charge in [0.25, 0.3) is 0 Å². The normalized spacial score (nSPS) is 20.9. The summed E-state index contributed by atoms with van der Waals surface area (Å²) >= 11 is 1.12. The third-order valence-electron chi connectivity index (χ3n) is 3.17. The van der Waals surface area contributed by atoms with Crippen molar-refractivity contribution in [2.24, 2.45) is 4.58 Å². The Hall–Kier alpha value is -0.170. The van der Waals surface area contributed by atoms with E-state index in [9.17, 15) is 4.91 Å². The lowest BCUT2D eigenvalue weighted by molar-refractivity contribution is -0.0560. The van der Waals surface area contributed by atoms with Crippen molar-refractivity contribution in [3.8, 4) is 0 Å². The molecule has 1 fully saturated rings. The first-order valence-corrected chi connectivity index (χ1v) is 7.14. The van der Waals surface area contributed by atoms with E-state index in [1.54, 1.807) is 0 Å². The molecule has 0 bridgehead atoms. The highest BCUT2D eigenvalue weighted by atomic mass is 32.2. The molecule has 105 valence electrons. The zero-order valence-corrected chi connectivity index (χ0v) is 12.4. The van der Waals surface area contributed by atoms with Gasteiger partial charge in [0.15, 0.2) is 0 Å². The lowest BCUT2D eigenvalue weighted by Gasteiger charge is -2.39. The number of hydrogen-bond acceptors (Lipinski definition) is 6. The molecule has 1 rings (SSSR count). The van der Waals surface area contributed by atoms with Crippen molar-refractivity contribution in [1.29, 1.82) is 0 Å². The van der Waals surface area contributed by atoms with Gasteiger partial charge in [-0.3, -0.25) is 9.80 Å². The van der Waals surface area contributed by atoms with Gasteiger partial charge in [-0.2, -0.15) is 0 Å². The number of nitroso groups, excluding NO2 is 1. The van der Waals surface area contributed by atoms with Crippen molar-refractivity contribution >= 4 is 11.9 Å². The van der Waals surface area contributed by atoms with Gasteiger partial charge in [-0.15, -0.1) is 4.91 Å². The molecule has 5 nitrogen and oxygen atoms in total. The molecule has 6 heteroatoms. The molecule has 1 heterocycles. The zero-order valence-electron chi connectivity index (χ0n) is 11.6. The Kier molecular flexibility index (Phi) is 6.55. The van der Waals surface area contributed by atoms with Crippen LogP contribution in [-0.4, -0.2) is 60.1 Å². The molecule has 0 aromatic rings. The van der Waals surface area contributed by atoms with E-state index in [0.717, 1.165) is 44.7 Å². The summed E-state index contributed by atoms with van der Waals surface area (Å²) < 4.78 is 8.32. The van der Waals surface area contributed by atoms with E-state index < -0.39 is 0 Å². The Bertz CT molecular complexity index is 256. The molecule has 0 N–H and O–H groups in total. The lowest BCUT2D eigenvalue weighted by Crippen LogP contribution is -2.52. The SMILES string of the molecule is [CH2]COC(C)N1CCN(CC(C)(C)SN=O)CC1. The van der Waals surface area contributed by atoms with Gasteiger partial charge in [0, 0.05) is 60.6 Å². The average molecular weight is 274 g/mol. The van der Waals surface area contributed by atoms with Gasteiger partial charge < -0.3 is 4.74 Å². The predicted octanol–water partition coefficient (Wildman–Crippen LogP) is 1.99. The lowest BCUT2D eigenvalue weighted by atomic mass is 10.1. The van der Waals surface area contributed by atoms with Crippen molar-refractivity contribution in [3.05, 3.63) is 11.8 Å². The molecule has 1 aliphatic rings. The van der Waals surface area contributed by atoms with E-state index in [4.69, 9.17) is 4.74 Å². The van der Waals surface area contributed by atoms with Crippen molar-refractivity contribution in [2.75, 3.05) is 39.3 Å². The molecular weight excluding hydrogens is 250 g/mol. The van der Waals surface area contributed by atoms with Crippen LogP contribution in [0.3, 0.4) is 0 Å². The first-order valence-electron chi connectivity index (χ1n) is 6.36. The van der Waals surface area contributed by atoms with E-state index in [1.807, 2.05) is 0 Å². The molecule has 0 spiro atoms. The van der Waals surface area contributed by atoms with Crippen LogP contribution in [0.1, 0.15) is 20.8 Å².